The molecule has 0 fully saturated rings. The maximum absolute atomic E-state index is 12.4. The third kappa shape index (κ3) is 5.06. The first-order valence-electron chi connectivity index (χ1n) is 6.49. The molecule has 0 radical (unpaired) electrons. The first-order valence-corrected chi connectivity index (χ1v) is 7.71. The Hall–Kier alpha value is -1.53. The molecule has 1 amide bonds. The Bertz CT molecular complexity index is 532. The van der Waals surface area contributed by atoms with Crippen LogP contribution in [-0.2, 0) is 9.53 Å². The molecular formula is C15H21NO4S. The second-order valence-corrected chi connectivity index (χ2v) is 6.08. The molecule has 1 aromatic rings. The van der Waals surface area contributed by atoms with Gasteiger partial charge < -0.3 is 15.2 Å². The van der Waals surface area contributed by atoms with E-state index in [0.717, 1.165) is 10.5 Å². The van der Waals surface area contributed by atoms with Gasteiger partial charge in [-0.15, -0.1) is 11.8 Å². The molecule has 1 unspecified atom stereocenters. The minimum atomic E-state index is -0.982. The van der Waals surface area contributed by atoms with Crippen LogP contribution in [0.15, 0.2) is 23.1 Å². The van der Waals surface area contributed by atoms with Crippen LogP contribution in [0.5, 0.6) is 0 Å². The van der Waals surface area contributed by atoms with Crippen LogP contribution in [0, 0.1) is 6.92 Å². The Morgan fingerprint density at radius 3 is 2.62 bits per heavy atom. The van der Waals surface area contributed by atoms with Crippen LogP contribution in [0.1, 0.15) is 29.3 Å². The number of carbonyl (C=O) groups is 2. The van der Waals surface area contributed by atoms with Crippen LogP contribution in [0.2, 0.25) is 0 Å². The van der Waals surface area contributed by atoms with E-state index in [1.165, 1.54) is 7.11 Å². The average Bonchev–Trinajstić information content (AvgIpc) is 2.38. The minimum absolute atomic E-state index is 0.131. The van der Waals surface area contributed by atoms with Crippen molar-refractivity contribution in [2.75, 3.05) is 20.0 Å². The summed E-state index contributed by atoms with van der Waals surface area (Å²) in [6.07, 6.45) is 1.74. The Kier molecular flexibility index (Phi) is 6.23. The second kappa shape index (κ2) is 7.47. The summed E-state index contributed by atoms with van der Waals surface area (Å²) in [6, 6.07) is 5.64. The summed E-state index contributed by atoms with van der Waals surface area (Å²) in [5.41, 5.74) is 0.453. The predicted molar refractivity (Wildman–Crippen MR) is 83.0 cm³/mol. The summed E-state index contributed by atoms with van der Waals surface area (Å²) in [5.74, 6) is -1.27. The third-order valence-corrected chi connectivity index (χ3v) is 3.83. The van der Waals surface area contributed by atoms with Gasteiger partial charge in [0.2, 0.25) is 0 Å². The molecule has 1 rings (SSSR count). The Labute approximate surface area is 129 Å². The minimum Gasteiger partial charge on any atom is -0.481 e. The standard InChI is InChI=1S/C15H21NO4S/c1-10-5-6-11(21-4)7-12(10)14(19)16-15(2,9-20-3)8-13(17)18/h5-7H,8-9H2,1-4H3,(H,16,19)(H,17,18). The number of benzene rings is 1. The molecule has 0 aliphatic heterocycles. The zero-order chi connectivity index (χ0) is 16.0. The number of carboxylic acids is 1. The molecule has 116 valence electrons. The van der Waals surface area contributed by atoms with Crippen LogP contribution in [-0.4, -0.2) is 42.5 Å². The van der Waals surface area contributed by atoms with Crippen LogP contribution in [0.4, 0.5) is 0 Å². The number of ether oxygens (including phenoxy) is 1. The van der Waals surface area contributed by atoms with E-state index in [1.807, 2.05) is 31.4 Å². The van der Waals surface area contributed by atoms with Gasteiger partial charge in [0, 0.05) is 17.6 Å². The fraction of sp³-hybridized carbons (Fsp3) is 0.467. The summed E-state index contributed by atoms with van der Waals surface area (Å²) in [7, 11) is 1.48. The Morgan fingerprint density at radius 1 is 1.43 bits per heavy atom. The monoisotopic (exact) mass is 311 g/mol. The topological polar surface area (TPSA) is 75.6 Å². The maximum Gasteiger partial charge on any atom is 0.305 e. The van der Waals surface area contributed by atoms with Gasteiger partial charge in [-0.1, -0.05) is 6.07 Å². The molecule has 0 spiro atoms. The molecule has 0 aliphatic rings. The van der Waals surface area contributed by atoms with Crippen molar-refractivity contribution in [1.29, 1.82) is 0 Å². The van der Waals surface area contributed by atoms with E-state index in [2.05, 4.69) is 5.32 Å². The zero-order valence-corrected chi connectivity index (χ0v) is 13.5. The van der Waals surface area contributed by atoms with Crippen molar-refractivity contribution in [3.8, 4) is 0 Å². The van der Waals surface area contributed by atoms with Gasteiger partial charge in [-0.25, -0.2) is 0 Å². The number of rotatable bonds is 7. The fourth-order valence-corrected chi connectivity index (χ4v) is 2.54. The molecule has 0 heterocycles. The van der Waals surface area contributed by atoms with Gasteiger partial charge >= 0.3 is 5.97 Å². The highest BCUT2D eigenvalue weighted by Crippen LogP contribution is 2.20. The number of carbonyl (C=O) groups excluding carboxylic acids is 1. The Morgan fingerprint density at radius 2 is 2.10 bits per heavy atom. The summed E-state index contributed by atoms with van der Waals surface area (Å²) < 4.78 is 5.04. The van der Waals surface area contributed by atoms with Crippen molar-refractivity contribution in [3.05, 3.63) is 29.3 Å². The number of aryl methyl sites for hydroxylation is 1. The Balaban J connectivity index is 2.99. The molecular weight excluding hydrogens is 290 g/mol. The van der Waals surface area contributed by atoms with Gasteiger partial charge in [-0.3, -0.25) is 9.59 Å². The van der Waals surface area contributed by atoms with Gasteiger partial charge in [0.25, 0.3) is 5.91 Å². The quantitative estimate of drug-likeness (QED) is 0.756. The van der Waals surface area contributed by atoms with E-state index < -0.39 is 11.5 Å². The first kappa shape index (κ1) is 17.5. The van der Waals surface area contributed by atoms with Gasteiger partial charge in [0.15, 0.2) is 0 Å². The van der Waals surface area contributed by atoms with Gasteiger partial charge in [-0.05, 0) is 37.8 Å². The number of thioether (sulfide) groups is 1. The number of hydrogen-bond acceptors (Lipinski definition) is 4. The predicted octanol–water partition coefficient (Wildman–Crippen LogP) is 2.33. The molecule has 0 bridgehead atoms. The van der Waals surface area contributed by atoms with E-state index in [0.29, 0.717) is 5.56 Å². The lowest BCUT2D eigenvalue weighted by Gasteiger charge is -2.28. The number of carboxylic acid groups (broad SMARTS) is 1. The highest BCUT2D eigenvalue weighted by atomic mass is 32.2. The van der Waals surface area contributed by atoms with Crippen molar-refractivity contribution in [2.45, 2.75) is 30.7 Å². The van der Waals surface area contributed by atoms with E-state index in [9.17, 15) is 9.59 Å². The molecule has 1 atom stereocenters. The van der Waals surface area contributed by atoms with E-state index in [4.69, 9.17) is 9.84 Å². The summed E-state index contributed by atoms with van der Waals surface area (Å²) in [5, 5.41) is 11.8. The SMILES string of the molecule is COCC(C)(CC(=O)O)NC(=O)c1cc(SC)ccc1C. The number of aliphatic carboxylic acids is 1. The smallest absolute Gasteiger partial charge is 0.305 e. The summed E-state index contributed by atoms with van der Waals surface area (Å²) >= 11 is 1.55. The summed E-state index contributed by atoms with van der Waals surface area (Å²) in [6.45, 7) is 3.65. The maximum atomic E-state index is 12.4. The fourth-order valence-electron chi connectivity index (χ4n) is 2.10. The number of hydrogen-bond donors (Lipinski definition) is 2. The van der Waals surface area contributed by atoms with Crippen LogP contribution < -0.4 is 5.32 Å². The van der Waals surface area contributed by atoms with Crippen LogP contribution in [0.3, 0.4) is 0 Å². The van der Waals surface area contributed by atoms with Gasteiger partial charge in [0.05, 0.1) is 18.6 Å². The number of amides is 1. The molecule has 1 aromatic carbocycles. The highest BCUT2D eigenvalue weighted by molar-refractivity contribution is 7.98. The van der Waals surface area contributed by atoms with Crippen molar-refractivity contribution in [3.63, 3.8) is 0 Å². The van der Waals surface area contributed by atoms with Crippen molar-refractivity contribution in [2.24, 2.45) is 0 Å². The molecule has 21 heavy (non-hydrogen) atoms. The molecule has 0 aromatic heterocycles. The highest BCUT2D eigenvalue weighted by Gasteiger charge is 2.30. The largest absolute Gasteiger partial charge is 0.481 e. The molecule has 0 aliphatic carbocycles. The lowest BCUT2D eigenvalue weighted by molar-refractivity contribution is -0.139. The van der Waals surface area contributed by atoms with Gasteiger partial charge in [-0.2, -0.15) is 0 Å². The third-order valence-electron chi connectivity index (χ3n) is 3.11. The molecule has 0 saturated carbocycles. The molecule has 2 N–H and O–H groups in total. The zero-order valence-electron chi connectivity index (χ0n) is 12.7. The van der Waals surface area contributed by atoms with Crippen LogP contribution >= 0.6 is 11.8 Å². The molecule has 0 saturated heterocycles. The normalized spacial score (nSPS) is 13.5. The lowest BCUT2D eigenvalue weighted by atomic mass is 9.97. The van der Waals surface area contributed by atoms with E-state index >= 15 is 0 Å². The second-order valence-electron chi connectivity index (χ2n) is 5.20. The average molecular weight is 311 g/mol. The van der Waals surface area contributed by atoms with Crippen LogP contribution in [0.25, 0.3) is 0 Å². The number of methoxy groups -OCH3 is 1. The summed E-state index contributed by atoms with van der Waals surface area (Å²) in [4.78, 5) is 24.4. The lowest BCUT2D eigenvalue weighted by Crippen LogP contribution is -2.50. The van der Waals surface area contributed by atoms with E-state index in [-0.39, 0.29) is 18.9 Å². The van der Waals surface area contributed by atoms with Crippen molar-refractivity contribution >= 4 is 23.6 Å². The number of nitrogens with one attached hydrogen (secondary N) is 1. The van der Waals surface area contributed by atoms with Crippen molar-refractivity contribution in [1.82, 2.24) is 5.32 Å². The van der Waals surface area contributed by atoms with Gasteiger partial charge in [0.1, 0.15) is 0 Å². The first-order chi connectivity index (χ1) is 9.81. The molecule has 6 heteroatoms. The van der Waals surface area contributed by atoms with E-state index in [1.54, 1.807) is 18.7 Å². The molecule has 5 nitrogen and oxygen atoms in total. The van der Waals surface area contributed by atoms with Crippen molar-refractivity contribution < 1.29 is 19.4 Å².